The minimum atomic E-state index is -0.472. The molecule has 0 spiro atoms. The van der Waals surface area contributed by atoms with Crippen LogP contribution >= 0.6 is 12.2 Å². The molecular formula is C17H28N2OS. The molecule has 0 heterocycles. The second-order valence-electron chi connectivity index (χ2n) is 5.54. The molecular weight excluding hydrogens is 280 g/mol. The number of benzene rings is 1. The molecule has 0 aliphatic rings. The van der Waals surface area contributed by atoms with E-state index >= 15 is 0 Å². The van der Waals surface area contributed by atoms with Crippen molar-refractivity contribution in [2.45, 2.75) is 39.7 Å². The molecule has 118 valence electrons. The molecule has 3 nitrogen and oxygen atoms in total. The molecule has 4 heteroatoms. The standard InChI is InChI=1S/C17H28N2OS/c1-4-13(5-2)11-19(6-3)12-16(20)14-7-9-15(10-8-14)17(18)21/h7-10,13,16,20H,4-6,11-12H2,1-3H3,(H2,18,21). The van der Waals surface area contributed by atoms with E-state index in [1.165, 1.54) is 12.8 Å². The van der Waals surface area contributed by atoms with Gasteiger partial charge in [-0.1, -0.05) is 70.1 Å². The van der Waals surface area contributed by atoms with E-state index in [1.807, 2.05) is 24.3 Å². The maximum atomic E-state index is 10.4. The Balaban J connectivity index is 2.64. The lowest BCUT2D eigenvalue weighted by Gasteiger charge is -2.27. The summed E-state index contributed by atoms with van der Waals surface area (Å²) in [7, 11) is 0. The maximum absolute atomic E-state index is 10.4. The van der Waals surface area contributed by atoms with Crippen molar-refractivity contribution in [3.05, 3.63) is 35.4 Å². The van der Waals surface area contributed by atoms with Gasteiger partial charge in [0.2, 0.25) is 0 Å². The first-order valence-electron chi connectivity index (χ1n) is 7.81. The zero-order chi connectivity index (χ0) is 15.8. The van der Waals surface area contributed by atoms with Crippen molar-refractivity contribution in [2.24, 2.45) is 11.7 Å². The Morgan fingerprint density at radius 1 is 1.14 bits per heavy atom. The Bertz CT molecular complexity index is 429. The van der Waals surface area contributed by atoms with Crippen molar-refractivity contribution >= 4 is 17.2 Å². The van der Waals surface area contributed by atoms with Crippen molar-refractivity contribution in [2.75, 3.05) is 19.6 Å². The Morgan fingerprint density at radius 3 is 2.14 bits per heavy atom. The molecule has 0 fully saturated rings. The molecule has 21 heavy (non-hydrogen) atoms. The molecule has 1 atom stereocenters. The fraction of sp³-hybridized carbons (Fsp3) is 0.588. The third-order valence-corrected chi connectivity index (χ3v) is 4.37. The van der Waals surface area contributed by atoms with Crippen LogP contribution in [-0.4, -0.2) is 34.6 Å². The van der Waals surface area contributed by atoms with E-state index in [-0.39, 0.29) is 0 Å². The van der Waals surface area contributed by atoms with E-state index in [0.29, 0.717) is 17.5 Å². The van der Waals surface area contributed by atoms with Crippen LogP contribution in [0.15, 0.2) is 24.3 Å². The molecule has 0 amide bonds. The lowest BCUT2D eigenvalue weighted by atomic mass is 10.0. The van der Waals surface area contributed by atoms with Crippen molar-refractivity contribution in [3.8, 4) is 0 Å². The quantitative estimate of drug-likeness (QED) is 0.688. The average molecular weight is 308 g/mol. The van der Waals surface area contributed by atoms with Crippen LogP contribution in [0.5, 0.6) is 0 Å². The Morgan fingerprint density at radius 2 is 1.71 bits per heavy atom. The Kier molecular flexibility index (Phi) is 7.86. The fourth-order valence-corrected chi connectivity index (χ4v) is 2.60. The molecule has 1 rings (SSSR count). The van der Waals surface area contributed by atoms with Gasteiger partial charge in [0.1, 0.15) is 4.99 Å². The van der Waals surface area contributed by atoms with Gasteiger partial charge in [-0.2, -0.15) is 0 Å². The second-order valence-corrected chi connectivity index (χ2v) is 5.98. The van der Waals surface area contributed by atoms with Crippen LogP contribution in [0.4, 0.5) is 0 Å². The topological polar surface area (TPSA) is 49.5 Å². The van der Waals surface area contributed by atoms with Gasteiger partial charge in [0.05, 0.1) is 6.10 Å². The minimum absolute atomic E-state index is 0.389. The Labute approximate surface area is 134 Å². The maximum Gasteiger partial charge on any atom is 0.103 e. The van der Waals surface area contributed by atoms with Crippen LogP contribution in [-0.2, 0) is 0 Å². The summed E-state index contributed by atoms with van der Waals surface area (Å²) in [5, 5.41) is 10.4. The molecule has 0 bridgehead atoms. The summed E-state index contributed by atoms with van der Waals surface area (Å²) in [6, 6.07) is 7.56. The lowest BCUT2D eigenvalue weighted by Crippen LogP contribution is -2.33. The number of aliphatic hydroxyl groups is 1. The van der Waals surface area contributed by atoms with E-state index in [0.717, 1.165) is 24.2 Å². The first kappa shape index (κ1) is 18.1. The van der Waals surface area contributed by atoms with E-state index in [1.54, 1.807) is 0 Å². The monoisotopic (exact) mass is 308 g/mol. The van der Waals surface area contributed by atoms with Crippen molar-refractivity contribution in [1.82, 2.24) is 4.90 Å². The van der Waals surface area contributed by atoms with E-state index < -0.39 is 6.10 Å². The smallest absolute Gasteiger partial charge is 0.103 e. The van der Waals surface area contributed by atoms with Crippen LogP contribution in [0.1, 0.15) is 50.8 Å². The predicted octanol–water partition coefficient (Wildman–Crippen LogP) is 3.11. The molecule has 1 aromatic carbocycles. The highest BCUT2D eigenvalue weighted by Crippen LogP contribution is 2.17. The number of rotatable bonds is 9. The van der Waals surface area contributed by atoms with Gasteiger partial charge in [-0.15, -0.1) is 0 Å². The van der Waals surface area contributed by atoms with Crippen LogP contribution in [0.2, 0.25) is 0 Å². The molecule has 0 aliphatic heterocycles. The summed E-state index contributed by atoms with van der Waals surface area (Å²) in [5.74, 6) is 0.703. The Hall–Kier alpha value is -0.970. The minimum Gasteiger partial charge on any atom is -0.389 e. The van der Waals surface area contributed by atoms with Crippen molar-refractivity contribution < 1.29 is 5.11 Å². The third kappa shape index (κ3) is 5.73. The van der Waals surface area contributed by atoms with Gasteiger partial charge in [0.15, 0.2) is 0 Å². The first-order chi connectivity index (χ1) is 10.0. The van der Waals surface area contributed by atoms with Crippen molar-refractivity contribution in [1.29, 1.82) is 0 Å². The van der Waals surface area contributed by atoms with Gasteiger partial charge in [-0.05, 0) is 18.0 Å². The molecule has 1 unspecified atom stereocenters. The molecule has 3 N–H and O–H groups in total. The normalized spacial score (nSPS) is 12.9. The number of hydrogen-bond donors (Lipinski definition) is 2. The van der Waals surface area contributed by atoms with E-state index in [4.69, 9.17) is 18.0 Å². The SMILES string of the molecule is CCC(CC)CN(CC)CC(O)c1ccc(C(N)=S)cc1. The summed E-state index contributed by atoms with van der Waals surface area (Å²) in [4.78, 5) is 2.71. The van der Waals surface area contributed by atoms with Crippen LogP contribution in [0.25, 0.3) is 0 Å². The highest BCUT2D eigenvalue weighted by atomic mass is 32.1. The molecule has 0 saturated carbocycles. The molecule has 1 aromatic rings. The van der Waals surface area contributed by atoms with Crippen LogP contribution < -0.4 is 5.73 Å². The zero-order valence-corrected chi connectivity index (χ0v) is 14.2. The van der Waals surface area contributed by atoms with Gasteiger partial charge in [0, 0.05) is 18.7 Å². The van der Waals surface area contributed by atoms with E-state index in [2.05, 4.69) is 25.7 Å². The molecule has 0 saturated heterocycles. The molecule has 0 radical (unpaired) electrons. The van der Waals surface area contributed by atoms with Gasteiger partial charge < -0.3 is 15.7 Å². The number of hydrogen-bond acceptors (Lipinski definition) is 3. The van der Waals surface area contributed by atoms with Gasteiger partial charge >= 0.3 is 0 Å². The number of nitrogens with two attached hydrogens (primary N) is 1. The van der Waals surface area contributed by atoms with Crippen LogP contribution in [0.3, 0.4) is 0 Å². The number of likely N-dealkylation sites (N-methyl/N-ethyl adjacent to an activating group) is 1. The van der Waals surface area contributed by atoms with Crippen LogP contribution in [0, 0.1) is 5.92 Å². The van der Waals surface area contributed by atoms with Gasteiger partial charge in [-0.3, -0.25) is 0 Å². The molecule has 0 aromatic heterocycles. The average Bonchev–Trinajstić information content (AvgIpc) is 2.51. The summed E-state index contributed by atoms with van der Waals surface area (Å²) in [5.41, 5.74) is 7.34. The van der Waals surface area contributed by atoms with Crippen molar-refractivity contribution in [3.63, 3.8) is 0 Å². The van der Waals surface area contributed by atoms with Gasteiger partial charge in [0.25, 0.3) is 0 Å². The number of nitrogens with zero attached hydrogens (tertiary/aromatic N) is 1. The van der Waals surface area contributed by atoms with E-state index in [9.17, 15) is 5.11 Å². The highest BCUT2D eigenvalue weighted by molar-refractivity contribution is 7.80. The molecule has 0 aliphatic carbocycles. The lowest BCUT2D eigenvalue weighted by molar-refractivity contribution is 0.105. The summed E-state index contributed by atoms with van der Waals surface area (Å²) in [6.45, 7) is 9.27. The fourth-order valence-electron chi connectivity index (χ4n) is 2.46. The summed E-state index contributed by atoms with van der Waals surface area (Å²) in [6.07, 6.45) is 1.90. The highest BCUT2D eigenvalue weighted by Gasteiger charge is 2.15. The summed E-state index contributed by atoms with van der Waals surface area (Å²) >= 11 is 4.94. The third-order valence-electron chi connectivity index (χ3n) is 4.13. The van der Waals surface area contributed by atoms with Gasteiger partial charge in [-0.25, -0.2) is 0 Å². The summed E-state index contributed by atoms with van der Waals surface area (Å²) < 4.78 is 0. The number of aliphatic hydroxyl groups excluding tert-OH is 1. The first-order valence-corrected chi connectivity index (χ1v) is 8.22. The predicted molar refractivity (Wildman–Crippen MR) is 93.5 cm³/mol. The second kappa shape index (κ2) is 9.13. The zero-order valence-electron chi connectivity index (χ0n) is 13.4. The largest absolute Gasteiger partial charge is 0.389 e. The number of thiocarbonyl (C=S) groups is 1.